The summed E-state index contributed by atoms with van der Waals surface area (Å²) in [5, 5.41) is 9.31. The maximum absolute atomic E-state index is 14.8. The molecule has 5 rings (SSSR count). The molecule has 222 valence electrons. The van der Waals surface area contributed by atoms with Crippen LogP contribution in [0.15, 0.2) is 41.3 Å². The van der Waals surface area contributed by atoms with E-state index in [4.69, 9.17) is 0 Å². The van der Waals surface area contributed by atoms with Gasteiger partial charge in [0.05, 0.1) is 22.5 Å². The van der Waals surface area contributed by atoms with Gasteiger partial charge in [-0.05, 0) is 81.7 Å². The van der Waals surface area contributed by atoms with Crippen molar-refractivity contribution in [3.8, 4) is 0 Å². The molecule has 3 atom stereocenters. The lowest BCUT2D eigenvalue weighted by Crippen LogP contribution is -2.53. The third kappa shape index (κ3) is 4.60. The van der Waals surface area contributed by atoms with Gasteiger partial charge in [0.1, 0.15) is 10.6 Å². The number of sulfone groups is 1. The number of carboxylic acids is 1. The molecule has 0 radical (unpaired) electrons. The normalized spacial score (nSPS) is 28.0. The van der Waals surface area contributed by atoms with Crippen LogP contribution < -0.4 is 0 Å². The zero-order valence-corrected chi connectivity index (χ0v) is 22.9. The maximum Gasteiger partial charge on any atom is 0.428 e. The van der Waals surface area contributed by atoms with Crippen LogP contribution in [-0.2, 0) is 36.3 Å². The highest BCUT2D eigenvalue weighted by atomic mass is 32.2. The minimum Gasteiger partial charge on any atom is -0.481 e. The van der Waals surface area contributed by atoms with Crippen LogP contribution in [0.1, 0.15) is 62.4 Å². The third-order valence-corrected chi connectivity index (χ3v) is 11.6. The number of aromatic nitrogens is 1. The van der Waals surface area contributed by atoms with Crippen molar-refractivity contribution in [2.24, 2.45) is 11.8 Å². The highest BCUT2D eigenvalue weighted by Gasteiger charge is 2.62. The molecule has 1 N–H and O–H groups in total. The lowest BCUT2D eigenvalue weighted by molar-refractivity contribution is -0.230. The van der Waals surface area contributed by atoms with Gasteiger partial charge in [0, 0.05) is 18.2 Å². The molecule has 0 bridgehead atoms. The molecule has 0 spiro atoms. The number of hydrogen-bond acceptors (Lipinski definition) is 5. The molecule has 1 saturated heterocycles. The van der Waals surface area contributed by atoms with Crippen molar-refractivity contribution in [3.05, 3.63) is 59.2 Å². The third-order valence-electron chi connectivity index (χ3n) is 9.03. The van der Waals surface area contributed by atoms with Crippen LogP contribution in [0.2, 0.25) is 0 Å². The fourth-order valence-corrected chi connectivity index (χ4v) is 9.09. The van der Waals surface area contributed by atoms with Crippen LogP contribution in [0.25, 0.3) is 0 Å². The largest absolute Gasteiger partial charge is 0.481 e. The number of aryl methyl sites for hydroxylation is 1. The van der Waals surface area contributed by atoms with Gasteiger partial charge < -0.3 is 10.0 Å². The Hall–Kier alpha value is -3.09. The Balaban J connectivity index is 1.59. The van der Waals surface area contributed by atoms with Gasteiger partial charge >= 0.3 is 12.1 Å². The molecule has 13 heteroatoms. The van der Waals surface area contributed by atoms with Crippen LogP contribution in [0.5, 0.6) is 0 Å². The number of halogens is 5. The van der Waals surface area contributed by atoms with Crippen molar-refractivity contribution in [2.45, 2.75) is 79.4 Å². The molecule has 2 aliphatic carbocycles. The van der Waals surface area contributed by atoms with Gasteiger partial charge in [0.2, 0.25) is 11.6 Å². The van der Waals surface area contributed by atoms with Crippen molar-refractivity contribution >= 4 is 21.7 Å². The SMILES string of the molecule is CC(F)(c1ccc2c(n1)CCC1N(C(=O)C3CCC(C(=O)O)CC3)CCC21S(=O)(=O)c1cccc(F)c1)C(F)(F)F. The van der Waals surface area contributed by atoms with Crippen LogP contribution in [0.4, 0.5) is 22.0 Å². The molecule has 7 nitrogen and oxygen atoms in total. The van der Waals surface area contributed by atoms with Crippen molar-refractivity contribution in [1.82, 2.24) is 9.88 Å². The number of carboxylic acid groups (broad SMARTS) is 1. The first-order valence-corrected chi connectivity index (χ1v) is 14.9. The van der Waals surface area contributed by atoms with E-state index in [-0.39, 0.29) is 47.9 Å². The number of hydrogen-bond donors (Lipinski definition) is 1. The van der Waals surface area contributed by atoms with Gasteiger partial charge in [0.25, 0.3) is 0 Å². The first-order chi connectivity index (χ1) is 19.1. The Labute approximate surface area is 233 Å². The predicted octanol–water partition coefficient (Wildman–Crippen LogP) is 5.08. The molecular formula is C28H29F5N2O5S. The first kappa shape index (κ1) is 29.4. The van der Waals surface area contributed by atoms with Crippen LogP contribution in [0, 0.1) is 17.7 Å². The lowest BCUT2D eigenvalue weighted by Gasteiger charge is -2.43. The Bertz CT molecular complexity index is 1490. The van der Waals surface area contributed by atoms with Gasteiger partial charge in [0.15, 0.2) is 9.84 Å². The molecule has 1 aromatic heterocycles. The standard InChI is InChI=1S/C28H29F5N2O5S/c1-26(30,28(31,32)33)22-11-9-20-21(34-22)10-12-23-27(20,41(39,40)19-4-2-3-18(29)15-19)13-14-35(23)24(36)16-5-7-17(8-6-16)25(37)38/h2-4,9,11,15-17,23H,5-8,10,12-14H2,1H3,(H,37,38). The van der Waals surface area contributed by atoms with E-state index in [1.807, 2.05) is 0 Å². The van der Waals surface area contributed by atoms with E-state index in [9.17, 15) is 45.1 Å². The zero-order chi connectivity index (χ0) is 30.0. The van der Waals surface area contributed by atoms with E-state index >= 15 is 0 Å². The van der Waals surface area contributed by atoms with Crippen LogP contribution in [0.3, 0.4) is 0 Å². The van der Waals surface area contributed by atoms with E-state index < -0.39 is 61.8 Å². The number of amides is 1. The zero-order valence-electron chi connectivity index (χ0n) is 22.1. The summed E-state index contributed by atoms with van der Waals surface area (Å²) in [6.45, 7) is 0.364. The second-order valence-electron chi connectivity index (χ2n) is 11.3. The van der Waals surface area contributed by atoms with Crippen LogP contribution in [-0.4, -0.2) is 54.0 Å². The molecule has 1 aliphatic heterocycles. The summed E-state index contributed by atoms with van der Waals surface area (Å²) in [6.07, 6.45) is -4.06. The highest BCUT2D eigenvalue weighted by Crippen LogP contribution is 2.54. The van der Waals surface area contributed by atoms with E-state index in [1.165, 1.54) is 17.0 Å². The summed E-state index contributed by atoms with van der Waals surface area (Å²) in [5.74, 6) is -3.09. The number of alkyl halides is 4. The van der Waals surface area contributed by atoms with Crippen molar-refractivity contribution < 1.29 is 45.1 Å². The number of carbonyl (C=O) groups is 2. The molecule has 2 fully saturated rings. The quantitative estimate of drug-likeness (QED) is 0.481. The Kier molecular flexibility index (Phi) is 7.19. The molecule has 1 aromatic carbocycles. The van der Waals surface area contributed by atoms with Gasteiger partial charge in [-0.1, -0.05) is 12.1 Å². The summed E-state index contributed by atoms with van der Waals surface area (Å²) >= 11 is 0. The smallest absolute Gasteiger partial charge is 0.428 e. The predicted molar refractivity (Wildman–Crippen MR) is 136 cm³/mol. The van der Waals surface area contributed by atoms with Crippen LogP contribution >= 0.6 is 0 Å². The molecule has 3 aliphatic rings. The average molecular weight is 601 g/mol. The summed E-state index contributed by atoms with van der Waals surface area (Å²) in [7, 11) is -4.46. The summed E-state index contributed by atoms with van der Waals surface area (Å²) in [4.78, 5) is 30.2. The maximum atomic E-state index is 14.8. The second-order valence-corrected chi connectivity index (χ2v) is 13.5. The van der Waals surface area contributed by atoms with Crippen molar-refractivity contribution in [1.29, 1.82) is 0 Å². The Morgan fingerprint density at radius 3 is 2.29 bits per heavy atom. The van der Waals surface area contributed by atoms with E-state index in [0.29, 0.717) is 32.6 Å². The van der Waals surface area contributed by atoms with Gasteiger partial charge in [-0.25, -0.2) is 17.2 Å². The number of pyridine rings is 1. The Morgan fingerprint density at radius 2 is 1.68 bits per heavy atom. The fourth-order valence-electron chi connectivity index (χ4n) is 6.71. The minimum absolute atomic E-state index is 0.00225. The number of benzene rings is 1. The number of carbonyl (C=O) groups excluding carboxylic acids is 1. The van der Waals surface area contributed by atoms with Gasteiger partial charge in [-0.3, -0.25) is 14.6 Å². The second kappa shape index (κ2) is 10.0. The van der Waals surface area contributed by atoms with Crippen molar-refractivity contribution in [2.75, 3.05) is 6.54 Å². The summed E-state index contributed by atoms with van der Waals surface area (Å²) in [6, 6.07) is 5.44. The molecule has 2 aromatic rings. The summed E-state index contributed by atoms with van der Waals surface area (Å²) in [5.41, 5.74) is -4.62. The monoisotopic (exact) mass is 600 g/mol. The number of aliphatic carboxylic acids is 1. The minimum atomic E-state index is -5.26. The molecule has 3 unspecified atom stereocenters. The number of fused-ring (bicyclic) bond motifs is 3. The molecule has 1 saturated carbocycles. The lowest BCUT2D eigenvalue weighted by atomic mass is 9.79. The number of rotatable bonds is 5. The van der Waals surface area contributed by atoms with E-state index in [0.717, 1.165) is 24.3 Å². The highest BCUT2D eigenvalue weighted by molar-refractivity contribution is 7.92. The van der Waals surface area contributed by atoms with Gasteiger partial charge in [-0.15, -0.1) is 0 Å². The number of likely N-dealkylation sites (tertiary alicyclic amines) is 1. The first-order valence-electron chi connectivity index (χ1n) is 13.4. The van der Waals surface area contributed by atoms with Crippen molar-refractivity contribution in [3.63, 3.8) is 0 Å². The topological polar surface area (TPSA) is 105 Å². The molecular weight excluding hydrogens is 571 g/mol. The fraction of sp³-hybridized carbons (Fsp3) is 0.536. The Morgan fingerprint density at radius 1 is 1.02 bits per heavy atom. The number of nitrogens with zero attached hydrogens (tertiary/aromatic N) is 2. The molecule has 41 heavy (non-hydrogen) atoms. The average Bonchev–Trinajstić information content (AvgIpc) is 3.33. The molecule has 2 heterocycles. The molecule has 1 amide bonds. The summed E-state index contributed by atoms with van der Waals surface area (Å²) < 4.78 is 96.2. The van der Waals surface area contributed by atoms with E-state index in [2.05, 4.69) is 4.98 Å². The van der Waals surface area contributed by atoms with E-state index in [1.54, 1.807) is 0 Å². The van der Waals surface area contributed by atoms with Gasteiger partial charge in [-0.2, -0.15) is 13.2 Å².